The van der Waals surface area contributed by atoms with Crippen LogP contribution in [0.1, 0.15) is 0 Å². The number of hydrogen-bond donors (Lipinski definition) is 0. The molecule has 0 fully saturated rings. The van der Waals surface area contributed by atoms with Crippen molar-refractivity contribution in [3.05, 3.63) is 237 Å². The Bertz CT molecular complexity index is 3880. The minimum atomic E-state index is 0.518. The van der Waals surface area contributed by atoms with Gasteiger partial charge in [0.25, 0.3) is 0 Å². The van der Waals surface area contributed by atoms with E-state index in [0.717, 1.165) is 105 Å². The van der Waals surface area contributed by atoms with Gasteiger partial charge >= 0.3 is 0 Å². The first-order valence-electron chi connectivity index (χ1n) is 22.8. The van der Waals surface area contributed by atoms with Gasteiger partial charge < -0.3 is 8.98 Å². The zero-order valence-corrected chi connectivity index (χ0v) is 36.7. The fourth-order valence-corrected chi connectivity index (χ4v) is 9.82. The summed E-state index contributed by atoms with van der Waals surface area (Å²) in [6, 6.07) is 80.0. The van der Waals surface area contributed by atoms with Crippen LogP contribution in [0.5, 0.6) is 0 Å². The van der Waals surface area contributed by atoms with Crippen molar-refractivity contribution in [2.75, 3.05) is 0 Å². The summed E-state index contributed by atoms with van der Waals surface area (Å²) < 4.78 is 9.07. The molecule has 13 aromatic rings. The number of pyridine rings is 1. The van der Waals surface area contributed by atoms with Gasteiger partial charge in [-0.05, 0) is 82.4 Å². The summed E-state index contributed by atoms with van der Waals surface area (Å²) in [5.74, 6) is 1.67. The lowest BCUT2D eigenvalue weighted by atomic mass is 9.87. The molecule has 13 rings (SSSR count). The van der Waals surface area contributed by atoms with E-state index in [-0.39, 0.29) is 0 Å². The molecule has 0 N–H and O–H groups in total. The second kappa shape index (κ2) is 16.3. The number of aromatic nitrogens is 5. The number of furan rings is 1. The maximum absolute atomic E-state index is 6.70. The highest BCUT2D eigenvalue weighted by Gasteiger charge is 2.24. The van der Waals surface area contributed by atoms with Gasteiger partial charge in [0.15, 0.2) is 17.5 Å². The predicted molar refractivity (Wildman–Crippen MR) is 277 cm³/mol. The largest absolute Gasteiger partial charge is 0.456 e. The fourth-order valence-electron chi connectivity index (χ4n) is 9.82. The van der Waals surface area contributed by atoms with E-state index in [0.29, 0.717) is 17.5 Å². The molecular weight excluding hydrogens is 831 g/mol. The van der Waals surface area contributed by atoms with E-state index in [2.05, 4.69) is 174 Å². The Morgan fingerprint density at radius 3 is 1.53 bits per heavy atom. The second-order valence-electron chi connectivity index (χ2n) is 17.0. The Morgan fingerprint density at radius 2 is 0.897 bits per heavy atom. The second-order valence-corrected chi connectivity index (χ2v) is 17.0. The van der Waals surface area contributed by atoms with Crippen LogP contribution >= 0.6 is 0 Å². The molecule has 0 bridgehead atoms. The van der Waals surface area contributed by atoms with Crippen molar-refractivity contribution in [2.24, 2.45) is 0 Å². The van der Waals surface area contributed by atoms with Crippen LogP contribution in [-0.4, -0.2) is 24.5 Å². The quantitative estimate of drug-likeness (QED) is 0.152. The van der Waals surface area contributed by atoms with Crippen LogP contribution in [-0.2, 0) is 0 Å². The number of benzene rings is 9. The number of para-hydroxylation sites is 2. The lowest BCUT2D eigenvalue weighted by Gasteiger charge is -2.18. The number of hydrogen-bond acceptors (Lipinski definition) is 5. The van der Waals surface area contributed by atoms with Crippen LogP contribution in [0.4, 0.5) is 0 Å². The lowest BCUT2D eigenvalue weighted by molar-refractivity contribution is 0.669. The van der Waals surface area contributed by atoms with Gasteiger partial charge in [-0.2, -0.15) is 0 Å². The van der Waals surface area contributed by atoms with Crippen molar-refractivity contribution in [2.45, 2.75) is 0 Å². The monoisotopic (exact) mass is 869 g/mol. The third kappa shape index (κ3) is 6.66. The van der Waals surface area contributed by atoms with E-state index in [1.807, 2.05) is 66.9 Å². The molecule has 0 atom stereocenters. The summed E-state index contributed by atoms with van der Waals surface area (Å²) in [4.78, 5) is 21.2. The van der Waals surface area contributed by atoms with E-state index >= 15 is 0 Å². The van der Waals surface area contributed by atoms with Crippen LogP contribution in [0, 0.1) is 0 Å². The highest BCUT2D eigenvalue weighted by atomic mass is 16.3. The predicted octanol–water partition coefficient (Wildman–Crippen LogP) is 15.9. The van der Waals surface area contributed by atoms with Crippen molar-refractivity contribution in [3.8, 4) is 84.5 Å². The molecule has 318 valence electrons. The van der Waals surface area contributed by atoms with Crippen molar-refractivity contribution in [1.29, 1.82) is 0 Å². The fraction of sp³-hybridized carbons (Fsp3) is 0. The Hall–Kier alpha value is -9.26. The zero-order chi connectivity index (χ0) is 45.0. The van der Waals surface area contributed by atoms with Crippen LogP contribution < -0.4 is 0 Å². The molecule has 6 heteroatoms. The van der Waals surface area contributed by atoms with Crippen LogP contribution in [0.3, 0.4) is 0 Å². The molecule has 0 amide bonds. The molecular formula is C62H39N5O. The molecule has 0 spiro atoms. The van der Waals surface area contributed by atoms with Gasteiger partial charge in [0, 0.05) is 55.9 Å². The van der Waals surface area contributed by atoms with E-state index in [4.69, 9.17) is 24.4 Å². The number of fused-ring (bicyclic) bond motifs is 7. The van der Waals surface area contributed by atoms with Gasteiger partial charge in [-0.3, -0.25) is 4.98 Å². The molecule has 4 aromatic heterocycles. The maximum atomic E-state index is 6.70. The van der Waals surface area contributed by atoms with E-state index in [1.54, 1.807) is 0 Å². The van der Waals surface area contributed by atoms with Crippen molar-refractivity contribution in [3.63, 3.8) is 0 Å². The molecule has 0 saturated heterocycles. The molecule has 0 radical (unpaired) electrons. The first-order chi connectivity index (χ1) is 33.7. The SMILES string of the molecule is c1ccc(-c2nc(-c3ccccc3)nc(-c3cc(-c4c(-c5ccccc5)cccc4-c4ccccc4)cnc3-c3ccc4oc5ccc6c7ccccc7n(-c7ccccc7)c6c5c4c3)n2)cc1. The third-order valence-corrected chi connectivity index (χ3v) is 12.9. The molecule has 68 heavy (non-hydrogen) atoms. The third-order valence-electron chi connectivity index (χ3n) is 12.9. The summed E-state index contributed by atoms with van der Waals surface area (Å²) >= 11 is 0. The van der Waals surface area contributed by atoms with E-state index in [9.17, 15) is 0 Å². The van der Waals surface area contributed by atoms with E-state index < -0.39 is 0 Å². The Balaban J connectivity index is 1.11. The minimum absolute atomic E-state index is 0.518. The molecule has 6 nitrogen and oxygen atoms in total. The van der Waals surface area contributed by atoms with Gasteiger partial charge in [-0.15, -0.1) is 0 Å². The lowest BCUT2D eigenvalue weighted by Crippen LogP contribution is -2.02. The molecule has 9 aromatic carbocycles. The number of rotatable bonds is 8. The van der Waals surface area contributed by atoms with Crippen molar-refractivity contribution >= 4 is 43.7 Å². The van der Waals surface area contributed by atoms with Gasteiger partial charge in [-0.1, -0.05) is 176 Å². The standard InChI is InChI=1S/C62H39N5O/c1-6-19-40(20-7-1)47-30-18-31-48(41-21-8-2-9-22-41)56(47)45-38-52(62-65-60(42-23-10-3-11-24-42)64-61(66-62)43-25-12-4-13-26-43)58(63-39-45)44-33-35-54-51(37-44)57-55(68-54)36-34-50-49-29-16-17-32-53(49)67(59(50)57)46-27-14-5-15-28-46/h1-39H. The summed E-state index contributed by atoms with van der Waals surface area (Å²) in [6.07, 6.45) is 2.01. The van der Waals surface area contributed by atoms with Crippen molar-refractivity contribution < 1.29 is 4.42 Å². The van der Waals surface area contributed by atoms with Gasteiger partial charge in [0.2, 0.25) is 0 Å². The van der Waals surface area contributed by atoms with Gasteiger partial charge in [0.05, 0.1) is 22.1 Å². The first-order valence-corrected chi connectivity index (χ1v) is 22.8. The maximum Gasteiger partial charge on any atom is 0.166 e. The highest BCUT2D eigenvalue weighted by Crippen LogP contribution is 2.45. The Morgan fingerprint density at radius 1 is 0.353 bits per heavy atom. The zero-order valence-electron chi connectivity index (χ0n) is 36.7. The summed E-state index contributed by atoms with van der Waals surface area (Å²) in [5.41, 5.74) is 15.6. The van der Waals surface area contributed by atoms with Crippen LogP contribution in [0.15, 0.2) is 241 Å². The summed E-state index contributed by atoms with van der Waals surface area (Å²) in [7, 11) is 0. The highest BCUT2D eigenvalue weighted by molar-refractivity contribution is 6.25. The minimum Gasteiger partial charge on any atom is -0.456 e. The Labute approximate surface area is 392 Å². The van der Waals surface area contributed by atoms with Crippen LogP contribution in [0.2, 0.25) is 0 Å². The normalized spacial score (nSPS) is 11.5. The smallest absolute Gasteiger partial charge is 0.166 e. The average Bonchev–Trinajstić information content (AvgIpc) is 3.97. The average molecular weight is 870 g/mol. The molecule has 0 saturated carbocycles. The molecule has 0 aliphatic heterocycles. The van der Waals surface area contributed by atoms with Gasteiger partial charge in [-0.25, -0.2) is 15.0 Å². The summed E-state index contributed by atoms with van der Waals surface area (Å²) in [5, 5.41) is 4.37. The molecule has 0 aliphatic rings. The number of nitrogens with zero attached hydrogens (tertiary/aromatic N) is 5. The molecule has 0 unspecified atom stereocenters. The van der Waals surface area contributed by atoms with Gasteiger partial charge in [0.1, 0.15) is 11.2 Å². The van der Waals surface area contributed by atoms with Crippen molar-refractivity contribution in [1.82, 2.24) is 24.5 Å². The van der Waals surface area contributed by atoms with E-state index in [1.165, 1.54) is 5.39 Å². The topological polar surface area (TPSA) is 69.6 Å². The first kappa shape index (κ1) is 39.1. The van der Waals surface area contributed by atoms with Crippen LogP contribution in [0.25, 0.3) is 128 Å². The Kier molecular flexibility index (Phi) is 9.39. The molecule has 4 heterocycles. The summed E-state index contributed by atoms with van der Waals surface area (Å²) in [6.45, 7) is 0. The molecule has 0 aliphatic carbocycles.